The third-order valence-corrected chi connectivity index (χ3v) is 3.05. The Morgan fingerprint density at radius 1 is 1.25 bits per heavy atom. The third kappa shape index (κ3) is 5.80. The molecule has 0 aliphatic heterocycles. The van der Waals surface area contributed by atoms with Crippen LogP contribution in [0.1, 0.15) is 34.1 Å². The second-order valence-electron chi connectivity index (χ2n) is 5.09. The van der Waals surface area contributed by atoms with Crippen LogP contribution in [0, 0.1) is 5.92 Å². The minimum atomic E-state index is -0.475. The maximum atomic E-state index is 11.9. The second-order valence-corrected chi connectivity index (χ2v) is 5.09. The SMILES string of the molecule is CCC(C)C(N)C(=O)Nc1ccc(OC(C)C)cc1.Cl. The standard InChI is InChI=1S/C15H24N2O2.ClH/c1-5-11(4)14(16)15(18)17-12-6-8-13(9-7-12)19-10(2)3;/h6-11,14H,5,16H2,1-4H3,(H,17,18);1H. The van der Waals surface area contributed by atoms with E-state index in [-0.39, 0.29) is 30.3 Å². The van der Waals surface area contributed by atoms with Crippen molar-refractivity contribution in [3.05, 3.63) is 24.3 Å². The van der Waals surface area contributed by atoms with Gasteiger partial charge in [0.15, 0.2) is 0 Å². The van der Waals surface area contributed by atoms with Crippen molar-refractivity contribution in [3.63, 3.8) is 0 Å². The van der Waals surface area contributed by atoms with E-state index in [1.165, 1.54) is 0 Å². The lowest BCUT2D eigenvalue weighted by Gasteiger charge is -2.18. The van der Waals surface area contributed by atoms with Gasteiger partial charge in [-0.15, -0.1) is 12.4 Å². The zero-order valence-corrected chi connectivity index (χ0v) is 13.4. The first-order chi connectivity index (χ1) is 8.93. The molecule has 0 aliphatic carbocycles. The number of hydrogen-bond acceptors (Lipinski definition) is 3. The summed E-state index contributed by atoms with van der Waals surface area (Å²) in [5, 5.41) is 2.82. The molecule has 0 radical (unpaired) electrons. The monoisotopic (exact) mass is 300 g/mol. The first-order valence-corrected chi connectivity index (χ1v) is 6.77. The third-order valence-electron chi connectivity index (χ3n) is 3.05. The number of nitrogens with one attached hydrogen (secondary N) is 1. The number of rotatable bonds is 6. The van der Waals surface area contributed by atoms with Gasteiger partial charge in [-0.25, -0.2) is 0 Å². The number of carbonyl (C=O) groups excluding carboxylic acids is 1. The molecule has 1 amide bonds. The number of benzene rings is 1. The van der Waals surface area contributed by atoms with E-state index in [1.807, 2.05) is 52.0 Å². The number of amides is 1. The average Bonchev–Trinajstić information content (AvgIpc) is 2.38. The summed E-state index contributed by atoms with van der Waals surface area (Å²) in [5.74, 6) is 0.814. The van der Waals surface area contributed by atoms with Crippen molar-refractivity contribution in [2.24, 2.45) is 11.7 Å². The number of hydrogen-bond donors (Lipinski definition) is 2. The summed E-state index contributed by atoms with van der Waals surface area (Å²) in [6, 6.07) is 6.84. The van der Waals surface area contributed by atoms with Crippen LogP contribution in [0.2, 0.25) is 0 Å². The summed E-state index contributed by atoms with van der Waals surface area (Å²) < 4.78 is 5.54. The first kappa shape index (κ1) is 18.7. The summed E-state index contributed by atoms with van der Waals surface area (Å²) in [6.07, 6.45) is 1.02. The van der Waals surface area contributed by atoms with E-state index in [2.05, 4.69) is 5.32 Å². The Balaban J connectivity index is 0.00000361. The van der Waals surface area contributed by atoms with Crippen LogP contribution in [0.3, 0.4) is 0 Å². The molecule has 0 bridgehead atoms. The summed E-state index contributed by atoms with van der Waals surface area (Å²) in [7, 11) is 0. The van der Waals surface area contributed by atoms with Crippen LogP contribution in [-0.4, -0.2) is 18.1 Å². The summed E-state index contributed by atoms with van der Waals surface area (Å²) in [4.78, 5) is 11.9. The Labute approximate surface area is 127 Å². The van der Waals surface area contributed by atoms with E-state index < -0.39 is 6.04 Å². The number of halogens is 1. The van der Waals surface area contributed by atoms with Crippen LogP contribution >= 0.6 is 12.4 Å². The molecule has 2 atom stereocenters. The van der Waals surface area contributed by atoms with Crippen molar-refractivity contribution in [2.45, 2.75) is 46.3 Å². The predicted molar refractivity (Wildman–Crippen MR) is 85.5 cm³/mol. The molecule has 114 valence electrons. The van der Waals surface area contributed by atoms with Gasteiger partial charge in [0.1, 0.15) is 5.75 Å². The minimum Gasteiger partial charge on any atom is -0.491 e. The number of carbonyl (C=O) groups is 1. The van der Waals surface area contributed by atoms with Crippen LogP contribution in [0.5, 0.6) is 5.75 Å². The normalized spacial score (nSPS) is 13.3. The number of anilines is 1. The van der Waals surface area contributed by atoms with E-state index >= 15 is 0 Å². The number of nitrogens with two attached hydrogens (primary N) is 1. The molecule has 4 nitrogen and oxygen atoms in total. The van der Waals surface area contributed by atoms with Gasteiger partial charge in [0.25, 0.3) is 0 Å². The van der Waals surface area contributed by atoms with Gasteiger partial charge in [0, 0.05) is 5.69 Å². The average molecular weight is 301 g/mol. The van der Waals surface area contributed by atoms with Gasteiger partial charge in [-0.3, -0.25) is 4.79 Å². The van der Waals surface area contributed by atoms with E-state index in [4.69, 9.17) is 10.5 Å². The molecule has 5 heteroatoms. The Morgan fingerprint density at radius 3 is 2.25 bits per heavy atom. The highest BCUT2D eigenvalue weighted by Crippen LogP contribution is 2.17. The van der Waals surface area contributed by atoms with Gasteiger partial charge in [-0.2, -0.15) is 0 Å². The van der Waals surface area contributed by atoms with E-state index in [0.29, 0.717) is 0 Å². The van der Waals surface area contributed by atoms with Crippen molar-refractivity contribution in [1.29, 1.82) is 0 Å². The fourth-order valence-electron chi connectivity index (χ4n) is 1.63. The molecule has 1 rings (SSSR count). The minimum absolute atomic E-state index is 0. The van der Waals surface area contributed by atoms with Gasteiger partial charge in [-0.1, -0.05) is 20.3 Å². The van der Waals surface area contributed by atoms with Crippen LogP contribution in [0.4, 0.5) is 5.69 Å². The van der Waals surface area contributed by atoms with Crippen molar-refractivity contribution in [2.75, 3.05) is 5.32 Å². The molecule has 20 heavy (non-hydrogen) atoms. The van der Waals surface area contributed by atoms with Crippen LogP contribution < -0.4 is 15.8 Å². The molecule has 1 aromatic carbocycles. The van der Waals surface area contributed by atoms with Crippen LogP contribution in [0.25, 0.3) is 0 Å². The Bertz CT molecular complexity index is 407. The highest BCUT2D eigenvalue weighted by molar-refractivity contribution is 5.94. The van der Waals surface area contributed by atoms with Gasteiger partial charge < -0.3 is 15.8 Å². The molecule has 0 spiro atoms. The molecule has 0 aliphatic rings. The van der Waals surface area contributed by atoms with E-state index in [9.17, 15) is 4.79 Å². The van der Waals surface area contributed by atoms with Crippen LogP contribution in [0.15, 0.2) is 24.3 Å². The van der Waals surface area contributed by atoms with Gasteiger partial charge >= 0.3 is 0 Å². The Kier molecular flexibility index (Phi) is 8.26. The molecule has 0 fully saturated rings. The fourth-order valence-corrected chi connectivity index (χ4v) is 1.63. The molecular weight excluding hydrogens is 276 g/mol. The smallest absolute Gasteiger partial charge is 0.241 e. The number of ether oxygens (including phenoxy) is 1. The summed E-state index contributed by atoms with van der Waals surface area (Å²) in [6.45, 7) is 7.95. The molecule has 3 N–H and O–H groups in total. The highest BCUT2D eigenvalue weighted by Gasteiger charge is 2.19. The maximum absolute atomic E-state index is 11.9. The van der Waals surface area contributed by atoms with E-state index in [0.717, 1.165) is 17.9 Å². The van der Waals surface area contributed by atoms with Crippen molar-refractivity contribution < 1.29 is 9.53 Å². The van der Waals surface area contributed by atoms with Crippen molar-refractivity contribution in [1.82, 2.24) is 0 Å². The molecule has 0 aromatic heterocycles. The molecule has 0 heterocycles. The van der Waals surface area contributed by atoms with Crippen LogP contribution in [-0.2, 0) is 4.79 Å². The topological polar surface area (TPSA) is 64.4 Å². The lowest BCUT2D eigenvalue weighted by molar-refractivity contribution is -0.118. The lowest BCUT2D eigenvalue weighted by Crippen LogP contribution is -2.40. The lowest BCUT2D eigenvalue weighted by atomic mass is 9.99. The molecular formula is C15H25ClN2O2. The zero-order chi connectivity index (χ0) is 14.4. The molecule has 1 aromatic rings. The van der Waals surface area contributed by atoms with Gasteiger partial charge in [-0.05, 0) is 44.0 Å². The second kappa shape index (κ2) is 8.82. The first-order valence-electron chi connectivity index (χ1n) is 6.77. The molecule has 0 saturated heterocycles. The quantitative estimate of drug-likeness (QED) is 0.848. The highest BCUT2D eigenvalue weighted by atomic mass is 35.5. The largest absolute Gasteiger partial charge is 0.491 e. The van der Waals surface area contributed by atoms with Gasteiger partial charge in [0.05, 0.1) is 12.1 Å². The Hall–Kier alpha value is -1.26. The van der Waals surface area contributed by atoms with E-state index in [1.54, 1.807) is 0 Å². The molecule has 2 unspecified atom stereocenters. The Morgan fingerprint density at radius 2 is 1.80 bits per heavy atom. The predicted octanol–water partition coefficient (Wildman–Crippen LogP) is 3.21. The summed E-state index contributed by atoms with van der Waals surface area (Å²) >= 11 is 0. The zero-order valence-electron chi connectivity index (χ0n) is 12.6. The van der Waals surface area contributed by atoms with Crippen molar-refractivity contribution >= 4 is 24.0 Å². The fraction of sp³-hybridized carbons (Fsp3) is 0.533. The maximum Gasteiger partial charge on any atom is 0.241 e. The summed E-state index contributed by atoms with van der Waals surface area (Å²) in [5.41, 5.74) is 6.61. The molecule has 0 saturated carbocycles. The van der Waals surface area contributed by atoms with Gasteiger partial charge in [0.2, 0.25) is 5.91 Å². The van der Waals surface area contributed by atoms with Crippen molar-refractivity contribution in [3.8, 4) is 5.75 Å².